The average molecular weight is 437 g/mol. The van der Waals surface area contributed by atoms with Crippen LogP contribution in [0, 0.1) is 13.8 Å². The first-order valence-corrected chi connectivity index (χ1v) is 10.8. The van der Waals surface area contributed by atoms with Crippen LogP contribution in [0.15, 0.2) is 48.5 Å². The third-order valence-corrected chi connectivity index (χ3v) is 5.91. The van der Waals surface area contributed by atoms with Gasteiger partial charge in [-0.2, -0.15) is 5.10 Å². The Morgan fingerprint density at radius 2 is 1.65 bits per heavy atom. The smallest absolute Gasteiger partial charge is 0.260 e. The summed E-state index contributed by atoms with van der Waals surface area (Å²) in [5.41, 5.74) is 4.38. The maximum atomic E-state index is 12.9. The SMILES string of the molecule is Cc1ccc(Cn2nc(C)c(C(=O)Nc3ccc(C(=O)N4CCCC4)cc3)c2Cl)cc1. The normalized spacial score (nSPS) is 13.5. The molecule has 1 N–H and O–H groups in total. The first-order chi connectivity index (χ1) is 14.9. The summed E-state index contributed by atoms with van der Waals surface area (Å²) >= 11 is 6.50. The number of halogens is 1. The molecule has 31 heavy (non-hydrogen) atoms. The summed E-state index contributed by atoms with van der Waals surface area (Å²) in [6, 6.07) is 15.1. The molecule has 0 unspecified atom stereocenters. The largest absolute Gasteiger partial charge is 0.339 e. The molecule has 1 fully saturated rings. The highest BCUT2D eigenvalue weighted by Gasteiger charge is 2.22. The minimum Gasteiger partial charge on any atom is -0.339 e. The number of likely N-dealkylation sites (tertiary alicyclic amines) is 1. The fourth-order valence-corrected chi connectivity index (χ4v) is 4.10. The van der Waals surface area contributed by atoms with E-state index in [1.165, 1.54) is 5.56 Å². The summed E-state index contributed by atoms with van der Waals surface area (Å²) < 4.78 is 1.63. The third kappa shape index (κ3) is 4.64. The highest BCUT2D eigenvalue weighted by atomic mass is 35.5. The number of nitrogens with one attached hydrogen (secondary N) is 1. The summed E-state index contributed by atoms with van der Waals surface area (Å²) in [6.45, 7) is 5.90. The molecule has 0 radical (unpaired) electrons. The summed E-state index contributed by atoms with van der Waals surface area (Å²) in [5.74, 6) is -0.289. The van der Waals surface area contributed by atoms with Gasteiger partial charge < -0.3 is 10.2 Å². The summed E-state index contributed by atoms with van der Waals surface area (Å²) in [6.07, 6.45) is 2.11. The Bertz CT molecular complexity index is 1100. The predicted molar refractivity (Wildman–Crippen MR) is 122 cm³/mol. The Morgan fingerprint density at radius 1 is 1.00 bits per heavy atom. The number of aryl methyl sites for hydroxylation is 2. The first kappa shape index (κ1) is 21.1. The molecule has 1 saturated heterocycles. The topological polar surface area (TPSA) is 67.2 Å². The molecular weight excluding hydrogens is 412 g/mol. The zero-order chi connectivity index (χ0) is 22.0. The standard InChI is InChI=1S/C24H25ClN4O2/c1-16-5-7-18(8-6-16)15-29-22(25)21(17(2)27-29)23(30)26-20-11-9-19(10-12-20)24(31)28-13-3-4-14-28/h5-12H,3-4,13-15H2,1-2H3,(H,26,30). The van der Waals surface area contributed by atoms with Crippen molar-refractivity contribution in [1.82, 2.24) is 14.7 Å². The molecule has 6 nitrogen and oxygen atoms in total. The van der Waals surface area contributed by atoms with Crippen LogP contribution < -0.4 is 5.32 Å². The fourth-order valence-electron chi connectivity index (χ4n) is 3.78. The number of hydrogen-bond donors (Lipinski definition) is 1. The zero-order valence-corrected chi connectivity index (χ0v) is 18.4. The predicted octanol–water partition coefficient (Wildman–Crippen LogP) is 4.69. The number of carbonyl (C=O) groups is 2. The number of aromatic nitrogens is 2. The zero-order valence-electron chi connectivity index (χ0n) is 17.7. The van der Waals surface area contributed by atoms with Crippen LogP contribution in [0.3, 0.4) is 0 Å². The molecule has 0 atom stereocenters. The second kappa shape index (κ2) is 8.94. The molecule has 160 valence electrons. The lowest BCUT2D eigenvalue weighted by molar-refractivity contribution is 0.0792. The van der Waals surface area contributed by atoms with Crippen molar-refractivity contribution in [3.63, 3.8) is 0 Å². The molecule has 1 aliphatic heterocycles. The maximum Gasteiger partial charge on any atom is 0.260 e. The van der Waals surface area contributed by atoms with E-state index in [9.17, 15) is 9.59 Å². The molecule has 3 aromatic rings. The molecule has 1 aromatic heterocycles. The van der Waals surface area contributed by atoms with Crippen molar-refractivity contribution in [2.24, 2.45) is 0 Å². The summed E-state index contributed by atoms with van der Waals surface area (Å²) in [7, 11) is 0. The van der Waals surface area contributed by atoms with Crippen LogP contribution in [0.4, 0.5) is 5.69 Å². The van der Waals surface area contributed by atoms with Crippen molar-refractivity contribution in [3.8, 4) is 0 Å². The quantitative estimate of drug-likeness (QED) is 0.630. The van der Waals surface area contributed by atoms with Crippen LogP contribution >= 0.6 is 11.6 Å². The Hall–Kier alpha value is -3.12. The molecule has 2 aromatic carbocycles. The average Bonchev–Trinajstić information content (AvgIpc) is 3.38. The van der Waals surface area contributed by atoms with Gasteiger partial charge in [-0.15, -0.1) is 0 Å². The van der Waals surface area contributed by atoms with E-state index in [4.69, 9.17) is 11.6 Å². The number of nitrogens with zero attached hydrogens (tertiary/aromatic N) is 3. The monoisotopic (exact) mass is 436 g/mol. The van der Waals surface area contributed by atoms with Crippen molar-refractivity contribution >= 4 is 29.1 Å². The van der Waals surface area contributed by atoms with Crippen molar-refractivity contribution in [1.29, 1.82) is 0 Å². The van der Waals surface area contributed by atoms with Gasteiger partial charge in [0.2, 0.25) is 0 Å². The minimum absolute atomic E-state index is 0.0339. The van der Waals surface area contributed by atoms with E-state index in [2.05, 4.69) is 10.4 Å². The Morgan fingerprint density at radius 3 is 2.29 bits per heavy atom. The molecule has 0 spiro atoms. The molecule has 7 heteroatoms. The molecule has 1 aliphatic rings. The lowest BCUT2D eigenvalue weighted by Crippen LogP contribution is -2.27. The molecule has 2 amide bonds. The van der Waals surface area contributed by atoms with Crippen LogP contribution in [-0.2, 0) is 6.54 Å². The number of anilines is 1. The van der Waals surface area contributed by atoms with Crippen LogP contribution in [0.2, 0.25) is 5.15 Å². The van der Waals surface area contributed by atoms with Gasteiger partial charge in [-0.1, -0.05) is 41.4 Å². The van der Waals surface area contributed by atoms with Gasteiger partial charge in [-0.3, -0.25) is 9.59 Å². The molecule has 0 bridgehead atoms. The summed E-state index contributed by atoms with van der Waals surface area (Å²) in [5, 5.41) is 7.61. The van der Waals surface area contributed by atoms with Gasteiger partial charge in [0, 0.05) is 24.3 Å². The number of benzene rings is 2. The summed E-state index contributed by atoms with van der Waals surface area (Å²) in [4.78, 5) is 27.2. The van der Waals surface area contributed by atoms with Crippen LogP contribution in [0.1, 0.15) is 50.4 Å². The van der Waals surface area contributed by atoms with Gasteiger partial charge >= 0.3 is 0 Å². The second-order valence-corrected chi connectivity index (χ2v) is 8.28. The van der Waals surface area contributed by atoms with Crippen molar-refractivity contribution in [2.75, 3.05) is 18.4 Å². The van der Waals surface area contributed by atoms with Gasteiger partial charge in [-0.05, 0) is 56.5 Å². The van der Waals surface area contributed by atoms with Gasteiger partial charge in [0.15, 0.2) is 0 Å². The van der Waals surface area contributed by atoms with Gasteiger partial charge in [0.25, 0.3) is 11.8 Å². The highest BCUT2D eigenvalue weighted by Crippen LogP contribution is 2.23. The second-order valence-electron chi connectivity index (χ2n) is 7.93. The number of hydrogen-bond acceptors (Lipinski definition) is 3. The number of rotatable bonds is 5. The van der Waals surface area contributed by atoms with Gasteiger partial charge in [-0.25, -0.2) is 4.68 Å². The molecular formula is C24H25ClN4O2. The Balaban J connectivity index is 1.46. The number of carbonyl (C=O) groups excluding carboxylic acids is 2. The van der Waals surface area contributed by atoms with Crippen molar-refractivity contribution < 1.29 is 9.59 Å². The Labute approximate surface area is 186 Å². The van der Waals surface area contributed by atoms with Crippen LogP contribution in [-0.4, -0.2) is 39.6 Å². The molecule has 0 aliphatic carbocycles. The highest BCUT2D eigenvalue weighted by molar-refractivity contribution is 6.33. The molecule has 2 heterocycles. The van der Waals surface area contributed by atoms with E-state index in [0.29, 0.717) is 34.2 Å². The van der Waals surface area contributed by atoms with E-state index in [1.54, 1.807) is 35.9 Å². The van der Waals surface area contributed by atoms with E-state index in [0.717, 1.165) is 31.5 Å². The first-order valence-electron chi connectivity index (χ1n) is 10.4. The minimum atomic E-state index is -0.323. The number of amides is 2. The van der Waals surface area contributed by atoms with Crippen molar-refractivity contribution in [2.45, 2.75) is 33.2 Å². The molecule has 0 saturated carbocycles. The maximum absolute atomic E-state index is 12.9. The van der Waals surface area contributed by atoms with Gasteiger partial charge in [0.1, 0.15) is 5.15 Å². The van der Waals surface area contributed by atoms with Gasteiger partial charge in [0.05, 0.1) is 17.8 Å². The van der Waals surface area contributed by atoms with E-state index >= 15 is 0 Å². The van der Waals surface area contributed by atoms with Crippen LogP contribution in [0.5, 0.6) is 0 Å². The van der Waals surface area contributed by atoms with Crippen molar-refractivity contribution in [3.05, 3.63) is 81.6 Å². The lowest BCUT2D eigenvalue weighted by atomic mass is 10.1. The Kier molecular flexibility index (Phi) is 6.09. The van der Waals surface area contributed by atoms with E-state index in [-0.39, 0.29) is 11.8 Å². The van der Waals surface area contributed by atoms with Crippen LogP contribution in [0.25, 0.3) is 0 Å². The van der Waals surface area contributed by atoms with E-state index < -0.39 is 0 Å². The lowest BCUT2D eigenvalue weighted by Gasteiger charge is -2.15. The van der Waals surface area contributed by atoms with E-state index in [1.807, 2.05) is 36.1 Å². The molecule has 4 rings (SSSR count). The fraction of sp³-hybridized carbons (Fsp3) is 0.292. The third-order valence-electron chi connectivity index (χ3n) is 5.53.